The molecule has 0 spiro atoms. The summed E-state index contributed by atoms with van der Waals surface area (Å²) in [7, 11) is 1.61. The largest absolute Gasteiger partial charge is 0.497 e. The molecule has 0 atom stereocenters. The molecule has 0 radical (unpaired) electrons. The zero-order chi connectivity index (χ0) is 21.1. The molecule has 0 aliphatic rings. The first-order valence-corrected chi connectivity index (χ1v) is 10.2. The van der Waals surface area contributed by atoms with Gasteiger partial charge < -0.3 is 9.72 Å². The van der Waals surface area contributed by atoms with Crippen molar-refractivity contribution in [2.24, 2.45) is 0 Å². The van der Waals surface area contributed by atoms with E-state index >= 15 is 0 Å². The van der Waals surface area contributed by atoms with Gasteiger partial charge in [0.1, 0.15) is 5.75 Å². The monoisotopic (exact) mass is 416 g/mol. The zero-order valence-electron chi connectivity index (χ0n) is 16.6. The maximum atomic E-state index is 12.6. The van der Waals surface area contributed by atoms with Crippen LogP contribution in [0, 0.1) is 6.92 Å². The fourth-order valence-corrected chi connectivity index (χ4v) is 3.92. The highest BCUT2D eigenvalue weighted by molar-refractivity contribution is 7.15. The molecule has 2 aromatic heterocycles. The predicted molar refractivity (Wildman–Crippen MR) is 121 cm³/mol. The van der Waals surface area contributed by atoms with E-state index in [2.05, 4.69) is 4.98 Å². The molecule has 0 saturated heterocycles. The van der Waals surface area contributed by atoms with Crippen LogP contribution in [0.15, 0.2) is 77.7 Å². The second-order valence-electron chi connectivity index (χ2n) is 6.77. The minimum absolute atomic E-state index is 0.134. The van der Waals surface area contributed by atoms with E-state index in [4.69, 9.17) is 4.74 Å². The van der Waals surface area contributed by atoms with E-state index in [1.54, 1.807) is 48.9 Å². The number of ether oxygens (including phenoxy) is 1. The van der Waals surface area contributed by atoms with Gasteiger partial charge in [0, 0.05) is 16.6 Å². The number of ketones is 1. The van der Waals surface area contributed by atoms with Gasteiger partial charge in [-0.05, 0) is 55.0 Å². The average Bonchev–Trinajstić information content (AvgIpc) is 3.38. The zero-order valence-corrected chi connectivity index (χ0v) is 17.4. The fourth-order valence-electron chi connectivity index (χ4n) is 3.08. The number of aryl methyl sites for hydroxylation is 1. The molecule has 30 heavy (non-hydrogen) atoms. The van der Waals surface area contributed by atoms with Gasteiger partial charge in [-0.15, -0.1) is 11.3 Å². The summed E-state index contributed by atoms with van der Waals surface area (Å²) < 4.78 is 6.66. The van der Waals surface area contributed by atoms with E-state index in [-0.39, 0.29) is 11.5 Å². The topological polar surface area (TPSA) is 64.1 Å². The Balaban J connectivity index is 1.58. The van der Waals surface area contributed by atoms with Crippen molar-refractivity contribution >= 4 is 23.2 Å². The molecule has 0 saturated carbocycles. The quantitative estimate of drug-likeness (QED) is 0.351. The van der Waals surface area contributed by atoms with Crippen LogP contribution in [0.2, 0.25) is 0 Å². The number of nitrogens with zero attached hydrogens (tertiary/aromatic N) is 1. The van der Waals surface area contributed by atoms with Crippen molar-refractivity contribution in [3.05, 3.63) is 99.4 Å². The van der Waals surface area contributed by atoms with E-state index < -0.39 is 0 Å². The van der Waals surface area contributed by atoms with Crippen molar-refractivity contribution in [1.82, 2.24) is 9.55 Å². The first-order chi connectivity index (χ1) is 14.5. The molecule has 1 N–H and O–H groups in total. The maximum absolute atomic E-state index is 12.6. The number of carbonyl (C=O) groups is 1. The molecule has 0 bridgehead atoms. The Labute approximate surface area is 177 Å². The molecular formula is C24H20N2O3S. The lowest BCUT2D eigenvalue weighted by Gasteiger charge is -2.03. The predicted octanol–water partition coefficient (Wildman–Crippen LogP) is 5.11. The van der Waals surface area contributed by atoms with Gasteiger partial charge >= 0.3 is 5.69 Å². The molecule has 0 amide bonds. The highest BCUT2D eigenvalue weighted by Crippen LogP contribution is 2.26. The van der Waals surface area contributed by atoms with Crippen LogP contribution in [0.3, 0.4) is 0 Å². The Hall–Kier alpha value is -3.64. The summed E-state index contributed by atoms with van der Waals surface area (Å²) in [4.78, 5) is 30.2. The number of methoxy groups -OCH3 is 1. The average molecular weight is 417 g/mol. The van der Waals surface area contributed by atoms with Crippen LogP contribution < -0.4 is 10.4 Å². The summed E-state index contributed by atoms with van der Waals surface area (Å²) in [6.07, 6.45) is 5.05. The third kappa shape index (κ3) is 4.18. The number of aromatic amines is 1. The summed E-state index contributed by atoms with van der Waals surface area (Å²) in [5.41, 5.74) is 2.57. The second kappa shape index (κ2) is 8.39. The van der Waals surface area contributed by atoms with Crippen LogP contribution in [0.4, 0.5) is 0 Å². The van der Waals surface area contributed by atoms with Crippen molar-refractivity contribution in [3.8, 4) is 22.0 Å². The van der Waals surface area contributed by atoms with Gasteiger partial charge in [-0.2, -0.15) is 0 Å². The van der Waals surface area contributed by atoms with Gasteiger partial charge in [-0.3, -0.25) is 9.36 Å². The van der Waals surface area contributed by atoms with Crippen molar-refractivity contribution in [2.75, 3.05) is 7.11 Å². The molecule has 0 fully saturated rings. The van der Waals surface area contributed by atoms with E-state index in [1.165, 1.54) is 15.5 Å². The summed E-state index contributed by atoms with van der Waals surface area (Å²) in [5.74, 6) is 0.630. The molecule has 5 nitrogen and oxygen atoms in total. The first kappa shape index (κ1) is 19.7. The molecule has 0 aliphatic heterocycles. The normalized spacial score (nSPS) is 11.1. The van der Waals surface area contributed by atoms with Crippen LogP contribution in [-0.4, -0.2) is 22.4 Å². The highest BCUT2D eigenvalue weighted by Gasteiger charge is 2.10. The van der Waals surface area contributed by atoms with Crippen molar-refractivity contribution in [1.29, 1.82) is 0 Å². The van der Waals surface area contributed by atoms with Gasteiger partial charge in [0.2, 0.25) is 0 Å². The van der Waals surface area contributed by atoms with Gasteiger partial charge in [0.25, 0.3) is 0 Å². The number of rotatable bonds is 6. The summed E-state index contributed by atoms with van der Waals surface area (Å²) in [6.45, 7) is 2.03. The van der Waals surface area contributed by atoms with Crippen molar-refractivity contribution < 1.29 is 9.53 Å². The minimum Gasteiger partial charge on any atom is -0.497 e. The molecule has 4 aromatic rings. The summed E-state index contributed by atoms with van der Waals surface area (Å²) >= 11 is 1.62. The number of hydrogen-bond acceptors (Lipinski definition) is 4. The van der Waals surface area contributed by atoms with Crippen molar-refractivity contribution in [3.63, 3.8) is 0 Å². The second-order valence-corrected chi connectivity index (χ2v) is 8.06. The molecular weight excluding hydrogens is 396 g/mol. The SMILES string of the molecule is COc1ccc(/C=C/C(=O)c2cccc(-n3cc(-c4ccc(C)s4)[nH]c3=O)c2)cc1. The number of H-pyrrole nitrogens is 1. The molecule has 0 aliphatic carbocycles. The number of aromatic nitrogens is 2. The van der Waals surface area contributed by atoms with E-state index in [0.717, 1.165) is 21.9 Å². The third-order valence-corrected chi connectivity index (χ3v) is 5.71. The van der Waals surface area contributed by atoms with E-state index in [0.29, 0.717) is 11.3 Å². The Morgan fingerprint density at radius 3 is 2.60 bits per heavy atom. The van der Waals surface area contributed by atoms with E-state index in [1.807, 2.05) is 49.4 Å². The van der Waals surface area contributed by atoms with Gasteiger partial charge in [-0.25, -0.2) is 4.79 Å². The molecule has 4 rings (SSSR count). The van der Waals surface area contributed by atoms with Gasteiger partial charge in [-0.1, -0.05) is 30.3 Å². The van der Waals surface area contributed by atoms with Crippen LogP contribution in [0.25, 0.3) is 22.3 Å². The van der Waals surface area contributed by atoms with Crippen molar-refractivity contribution in [2.45, 2.75) is 6.92 Å². The van der Waals surface area contributed by atoms with Gasteiger partial charge in [0.05, 0.1) is 23.4 Å². The van der Waals surface area contributed by atoms with E-state index in [9.17, 15) is 9.59 Å². The lowest BCUT2D eigenvalue weighted by atomic mass is 10.1. The standard InChI is InChI=1S/C24H20N2O3S/c1-16-6-13-23(30-16)21-15-26(24(28)25-21)19-5-3-4-18(14-19)22(27)12-9-17-7-10-20(29-2)11-8-17/h3-15H,1-2H3,(H,25,28)/b12-9+. The Morgan fingerprint density at radius 1 is 1.10 bits per heavy atom. The molecule has 0 unspecified atom stereocenters. The molecule has 6 heteroatoms. The van der Waals surface area contributed by atoms with Crippen LogP contribution in [-0.2, 0) is 0 Å². The Morgan fingerprint density at radius 2 is 1.90 bits per heavy atom. The number of carbonyl (C=O) groups excluding carboxylic acids is 1. The van der Waals surface area contributed by atoms with Crippen LogP contribution in [0.5, 0.6) is 5.75 Å². The number of allylic oxidation sites excluding steroid dienone is 1. The molecule has 2 heterocycles. The number of nitrogens with one attached hydrogen (secondary N) is 1. The summed E-state index contributed by atoms with van der Waals surface area (Å²) in [5, 5.41) is 0. The highest BCUT2D eigenvalue weighted by atomic mass is 32.1. The first-order valence-electron chi connectivity index (χ1n) is 9.39. The number of hydrogen-bond donors (Lipinski definition) is 1. The van der Waals surface area contributed by atoms with Gasteiger partial charge in [0.15, 0.2) is 5.78 Å². The van der Waals surface area contributed by atoms with Crippen LogP contribution >= 0.6 is 11.3 Å². The lowest BCUT2D eigenvalue weighted by Crippen LogP contribution is -2.14. The number of imidazole rings is 1. The lowest BCUT2D eigenvalue weighted by molar-refractivity contribution is 0.104. The Kier molecular flexibility index (Phi) is 5.50. The number of thiophene rings is 1. The fraction of sp³-hybridized carbons (Fsp3) is 0.0833. The maximum Gasteiger partial charge on any atom is 0.330 e. The van der Waals surface area contributed by atoms with Crippen LogP contribution in [0.1, 0.15) is 20.8 Å². The molecule has 2 aromatic carbocycles. The third-order valence-electron chi connectivity index (χ3n) is 4.68. The molecule has 150 valence electrons. The smallest absolute Gasteiger partial charge is 0.330 e. The summed E-state index contributed by atoms with van der Waals surface area (Å²) in [6, 6.07) is 18.5. The Bertz CT molecular complexity index is 1280. The number of benzene rings is 2. The minimum atomic E-state index is -0.241.